The summed E-state index contributed by atoms with van der Waals surface area (Å²) in [5.41, 5.74) is 0. The van der Waals surface area contributed by atoms with Crippen molar-refractivity contribution >= 4 is 17.3 Å². The van der Waals surface area contributed by atoms with Crippen LogP contribution in [0.1, 0.15) is 40.0 Å². The van der Waals surface area contributed by atoms with Crippen molar-refractivity contribution in [2.75, 3.05) is 60.4 Å². The minimum absolute atomic E-state index is 0.318. The lowest BCUT2D eigenvalue weighted by Gasteiger charge is -2.34. The summed E-state index contributed by atoms with van der Waals surface area (Å²) in [6.45, 7) is 11.2. The normalized spacial score (nSPS) is 26.9. The van der Waals surface area contributed by atoms with E-state index >= 15 is 0 Å². The van der Waals surface area contributed by atoms with E-state index in [2.05, 4.69) is 28.8 Å². The van der Waals surface area contributed by atoms with Crippen molar-refractivity contribution in [2.24, 2.45) is 17.8 Å². The van der Waals surface area contributed by atoms with Crippen LogP contribution in [0.2, 0.25) is 0 Å². The number of rotatable bonds is 3. The summed E-state index contributed by atoms with van der Waals surface area (Å²) < 4.78 is 0. The largest absolute Gasteiger partial charge is 0.306 e. The number of ketones is 3. The smallest absolute Gasteiger partial charge is 0.135 e. The molecular weight excluding hydrogens is 342 g/mol. The van der Waals surface area contributed by atoms with Crippen molar-refractivity contribution in [3.8, 4) is 0 Å². The molecule has 0 aromatic heterocycles. The fourth-order valence-corrected chi connectivity index (χ4v) is 3.72. The number of carbonyl (C=O) groups excluding carboxylic acids is 3. The molecule has 3 aliphatic heterocycles. The molecule has 0 spiro atoms. The highest BCUT2D eigenvalue weighted by atomic mass is 16.1. The van der Waals surface area contributed by atoms with Crippen LogP contribution >= 0.6 is 0 Å². The number of likely N-dealkylation sites (tertiary alicyclic amines) is 3. The van der Waals surface area contributed by atoms with E-state index in [0.717, 1.165) is 52.1 Å². The highest BCUT2D eigenvalue weighted by molar-refractivity contribution is 5.79. The second kappa shape index (κ2) is 11.7. The second-order valence-electron chi connectivity index (χ2n) is 8.60. The zero-order valence-electron chi connectivity index (χ0n) is 18.2. The molecule has 2 atom stereocenters. The minimum atomic E-state index is 0.318. The van der Waals surface area contributed by atoms with E-state index in [1.165, 1.54) is 6.42 Å². The monoisotopic (exact) mass is 381 g/mol. The Morgan fingerprint density at radius 2 is 1.00 bits per heavy atom. The Morgan fingerprint density at radius 1 is 0.593 bits per heavy atom. The first kappa shape index (κ1) is 23.9. The van der Waals surface area contributed by atoms with Gasteiger partial charge in [-0.3, -0.25) is 14.4 Å². The highest BCUT2D eigenvalue weighted by Gasteiger charge is 2.26. The van der Waals surface area contributed by atoms with Crippen LogP contribution in [-0.4, -0.2) is 92.5 Å². The maximum Gasteiger partial charge on any atom is 0.135 e. The molecule has 3 saturated heterocycles. The summed E-state index contributed by atoms with van der Waals surface area (Å²) >= 11 is 0. The molecule has 0 N–H and O–H groups in total. The molecule has 0 saturated carbocycles. The highest BCUT2D eigenvalue weighted by Crippen LogP contribution is 2.15. The van der Waals surface area contributed by atoms with Crippen molar-refractivity contribution in [2.45, 2.75) is 40.0 Å². The van der Waals surface area contributed by atoms with E-state index in [0.29, 0.717) is 35.1 Å². The molecule has 0 bridgehead atoms. The third kappa shape index (κ3) is 9.08. The van der Waals surface area contributed by atoms with Crippen molar-refractivity contribution in [3.05, 3.63) is 0 Å². The molecule has 0 amide bonds. The molecule has 0 unspecified atom stereocenters. The van der Waals surface area contributed by atoms with Gasteiger partial charge in [0.05, 0.1) is 0 Å². The van der Waals surface area contributed by atoms with Crippen LogP contribution in [0.3, 0.4) is 0 Å². The molecule has 3 aliphatic rings. The van der Waals surface area contributed by atoms with Gasteiger partial charge in [0.15, 0.2) is 0 Å². The predicted octanol–water partition coefficient (Wildman–Crippen LogP) is 1.58. The van der Waals surface area contributed by atoms with Gasteiger partial charge < -0.3 is 14.7 Å². The fourth-order valence-electron chi connectivity index (χ4n) is 3.72. The zero-order valence-corrected chi connectivity index (χ0v) is 18.2. The van der Waals surface area contributed by atoms with Crippen LogP contribution in [-0.2, 0) is 14.4 Å². The second-order valence-corrected chi connectivity index (χ2v) is 8.60. The Kier molecular flexibility index (Phi) is 10.3. The first-order valence-electron chi connectivity index (χ1n) is 10.2. The molecule has 156 valence electrons. The van der Waals surface area contributed by atoms with E-state index < -0.39 is 0 Å². The molecular formula is C21H39N3O3. The molecule has 0 aliphatic carbocycles. The van der Waals surface area contributed by atoms with Gasteiger partial charge in [0.25, 0.3) is 0 Å². The number of Topliss-reactive ketones (excluding diaryl/α,β-unsaturated/α-hetero) is 3. The molecule has 3 heterocycles. The summed E-state index contributed by atoms with van der Waals surface area (Å²) in [6.07, 6.45) is 3.34. The molecule has 3 rings (SSSR count). The standard InChI is InChI=1S/C8H15NO.C7H13NO.C6H11NO/c1-7(10)8-4-3-5-9(2)6-8;1-6(9)7-3-4-8(2)5-7;1-5(8)6-3-7(2)4-6/h8H,3-6H2,1-2H3;7H,3-5H2,1-2H3;6H,3-4H2,1-2H3/t8-;7-;/m11./s1. The van der Waals surface area contributed by atoms with Crippen LogP contribution in [0.25, 0.3) is 0 Å². The number of hydrogen-bond acceptors (Lipinski definition) is 6. The Morgan fingerprint density at radius 3 is 1.22 bits per heavy atom. The average Bonchev–Trinajstić information content (AvgIpc) is 3.00. The van der Waals surface area contributed by atoms with Crippen molar-refractivity contribution in [3.63, 3.8) is 0 Å². The summed E-state index contributed by atoms with van der Waals surface area (Å²) in [7, 11) is 6.16. The summed E-state index contributed by atoms with van der Waals surface area (Å²) in [6, 6.07) is 0. The van der Waals surface area contributed by atoms with Gasteiger partial charge in [0.2, 0.25) is 0 Å². The van der Waals surface area contributed by atoms with E-state index in [-0.39, 0.29) is 0 Å². The number of carbonyl (C=O) groups is 3. The fraction of sp³-hybridized carbons (Fsp3) is 0.857. The van der Waals surface area contributed by atoms with Crippen molar-refractivity contribution in [1.29, 1.82) is 0 Å². The van der Waals surface area contributed by atoms with Crippen molar-refractivity contribution in [1.82, 2.24) is 14.7 Å². The summed E-state index contributed by atoms with van der Waals surface area (Å²) in [5.74, 6) is 2.03. The topological polar surface area (TPSA) is 60.9 Å². The van der Waals surface area contributed by atoms with Crippen LogP contribution in [0.5, 0.6) is 0 Å². The molecule has 3 fully saturated rings. The van der Waals surface area contributed by atoms with E-state index in [1.54, 1.807) is 20.8 Å². The molecule has 6 nitrogen and oxygen atoms in total. The minimum Gasteiger partial charge on any atom is -0.306 e. The van der Waals surface area contributed by atoms with Gasteiger partial charge >= 0.3 is 0 Å². The van der Waals surface area contributed by atoms with Crippen LogP contribution in [0.15, 0.2) is 0 Å². The molecule has 0 aromatic rings. The van der Waals surface area contributed by atoms with Crippen LogP contribution < -0.4 is 0 Å². The van der Waals surface area contributed by atoms with E-state index in [1.807, 2.05) is 7.05 Å². The Labute approximate surface area is 165 Å². The van der Waals surface area contributed by atoms with Gasteiger partial charge in [-0.25, -0.2) is 0 Å². The van der Waals surface area contributed by atoms with Gasteiger partial charge in [-0.1, -0.05) is 0 Å². The Hall–Kier alpha value is -1.11. The lowest BCUT2D eigenvalue weighted by atomic mass is 9.95. The average molecular weight is 382 g/mol. The Balaban J connectivity index is 0.000000204. The number of hydrogen-bond donors (Lipinski definition) is 0. The summed E-state index contributed by atoms with van der Waals surface area (Å²) in [4.78, 5) is 38.8. The zero-order chi connectivity index (χ0) is 20.6. The third-order valence-corrected chi connectivity index (χ3v) is 5.80. The lowest BCUT2D eigenvalue weighted by Crippen LogP contribution is -2.46. The molecule has 27 heavy (non-hydrogen) atoms. The van der Waals surface area contributed by atoms with Gasteiger partial charge in [0.1, 0.15) is 17.3 Å². The van der Waals surface area contributed by atoms with Crippen LogP contribution in [0.4, 0.5) is 0 Å². The van der Waals surface area contributed by atoms with Crippen LogP contribution in [0, 0.1) is 17.8 Å². The SMILES string of the molecule is CC(=O)C1CN(C)C1.CC(=O)[C@@H]1CCCN(C)C1.CC(=O)[C@@H]1CCN(C)C1. The molecule has 0 radical (unpaired) electrons. The summed E-state index contributed by atoms with van der Waals surface area (Å²) in [5, 5.41) is 0. The first-order chi connectivity index (χ1) is 12.6. The molecule has 6 heteroatoms. The van der Waals surface area contributed by atoms with E-state index in [4.69, 9.17) is 0 Å². The quantitative estimate of drug-likeness (QED) is 0.740. The van der Waals surface area contributed by atoms with Crippen molar-refractivity contribution < 1.29 is 14.4 Å². The van der Waals surface area contributed by atoms with Gasteiger partial charge in [-0.05, 0) is 74.3 Å². The van der Waals surface area contributed by atoms with Gasteiger partial charge in [-0.15, -0.1) is 0 Å². The van der Waals surface area contributed by atoms with E-state index in [9.17, 15) is 14.4 Å². The third-order valence-electron chi connectivity index (χ3n) is 5.80. The number of piperidine rings is 1. The predicted molar refractivity (Wildman–Crippen MR) is 109 cm³/mol. The molecule has 0 aromatic carbocycles. The first-order valence-corrected chi connectivity index (χ1v) is 10.2. The van der Waals surface area contributed by atoms with Gasteiger partial charge in [-0.2, -0.15) is 0 Å². The number of nitrogens with zero attached hydrogens (tertiary/aromatic N) is 3. The van der Waals surface area contributed by atoms with Gasteiger partial charge in [0, 0.05) is 43.9 Å². The lowest BCUT2D eigenvalue weighted by molar-refractivity contribution is -0.125. The maximum atomic E-state index is 10.9. The maximum absolute atomic E-state index is 10.9. The Bertz CT molecular complexity index is 503.